The molecule has 9 heteroatoms. The van der Waals surface area contributed by atoms with Crippen LogP contribution in [0.3, 0.4) is 0 Å². The second-order valence-corrected chi connectivity index (χ2v) is 9.33. The smallest absolute Gasteiger partial charge is 0.258 e. The molecule has 0 spiro atoms. The van der Waals surface area contributed by atoms with E-state index in [-0.39, 0.29) is 22.6 Å². The number of halogens is 1. The van der Waals surface area contributed by atoms with Gasteiger partial charge in [-0.05, 0) is 42.3 Å². The minimum absolute atomic E-state index is 0.111. The van der Waals surface area contributed by atoms with Gasteiger partial charge in [0.25, 0.3) is 15.7 Å². The minimum Gasteiger partial charge on any atom is -0.258 e. The first-order valence-corrected chi connectivity index (χ1v) is 11.3. The Kier molecular flexibility index (Phi) is 5.51. The number of sulfonamides is 1. The third-order valence-corrected chi connectivity index (χ3v) is 7.25. The molecule has 0 aromatic heterocycles. The van der Waals surface area contributed by atoms with Crippen molar-refractivity contribution in [2.45, 2.75) is 24.3 Å². The summed E-state index contributed by atoms with van der Waals surface area (Å²) in [6.45, 7) is 1.70. The number of hydrogen-bond acceptors (Lipinski definition) is 5. The molecule has 3 aromatic rings. The van der Waals surface area contributed by atoms with Gasteiger partial charge in [0.05, 0.1) is 21.1 Å². The van der Waals surface area contributed by atoms with Gasteiger partial charge >= 0.3 is 0 Å². The largest absolute Gasteiger partial charge is 0.279 e. The third kappa shape index (κ3) is 3.92. The van der Waals surface area contributed by atoms with Gasteiger partial charge in [-0.3, -0.25) is 10.1 Å². The molecule has 0 aliphatic carbocycles. The molecule has 1 unspecified atom stereocenters. The van der Waals surface area contributed by atoms with Crippen LogP contribution in [-0.4, -0.2) is 23.5 Å². The van der Waals surface area contributed by atoms with E-state index < -0.39 is 21.0 Å². The average molecular weight is 456 g/mol. The van der Waals surface area contributed by atoms with Crippen molar-refractivity contribution in [3.05, 3.63) is 105 Å². The van der Waals surface area contributed by atoms with Crippen molar-refractivity contribution in [2.24, 2.45) is 5.10 Å². The summed E-state index contributed by atoms with van der Waals surface area (Å²) in [4.78, 5) is 11.2. The zero-order chi connectivity index (χ0) is 22.2. The molecule has 1 atom stereocenters. The highest BCUT2D eigenvalue weighted by Gasteiger charge is 2.40. The van der Waals surface area contributed by atoms with Crippen LogP contribution < -0.4 is 0 Å². The molecule has 1 aliphatic heterocycles. The van der Waals surface area contributed by atoms with Gasteiger partial charge in [0.2, 0.25) is 0 Å². The topological polar surface area (TPSA) is 92.9 Å². The quantitative estimate of drug-likeness (QED) is 0.395. The van der Waals surface area contributed by atoms with Crippen LogP contribution in [0.25, 0.3) is 0 Å². The Hall–Kier alpha value is -3.23. The first-order chi connectivity index (χ1) is 14.8. The van der Waals surface area contributed by atoms with E-state index in [0.29, 0.717) is 21.9 Å². The number of nitro benzene ring substituents is 1. The van der Waals surface area contributed by atoms with E-state index in [4.69, 9.17) is 11.6 Å². The molecule has 3 aromatic carbocycles. The molecule has 1 aliphatic rings. The van der Waals surface area contributed by atoms with E-state index in [0.717, 1.165) is 4.41 Å². The molecule has 0 saturated heterocycles. The first-order valence-electron chi connectivity index (χ1n) is 9.46. The minimum atomic E-state index is -4.06. The van der Waals surface area contributed by atoms with Crippen molar-refractivity contribution in [3.8, 4) is 0 Å². The van der Waals surface area contributed by atoms with Crippen LogP contribution in [-0.2, 0) is 10.0 Å². The fraction of sp³-hybridized carbons (Fsp3) is 0.136. The van der Waals surface area contributed by atoms with Gasteiger partial charge in [-0.2, -0.15) is 17.9 Å². The zero-order valence-electron chi connectivity index (χ0n) is 16.5. The summed E-state index contributed by atoms with van der Waals surface area (Å²) in [6, 6.07) is 18.8. The van der Waals surface area contributed by atoms with Gasteiger partial charge < -0.3 is 0 Å². The van der Waals surface area contributed by atoms with Crippen LogP contribution in [0.15, 0.2) is 82.8 Å². The molecular formula is C22H18ClN3O4S. The van der Waals surface area contributed by atoms with Crippen LogP contribution in [0.2, 0.25) is 5.02 Å². The highest BCUT2D eigenvalue weighted by atomic mass is 35.5. The highest BCUT2D eigenvalue weighted by Crippen LogP contribution is 2.40. The van der Waals surface area contributed by atoms with E-state index in [1.165, 1.54) is 12.1 Å². The van der Waals surface area contributed by atoms with Gasteiger partial charge in [0.15, 0.2) is 0 Å². The van der Waals surface area contributed by atoms with E-state index in [1.807, 2.05) is 0 Å². The number of hydrogen-bond donors (Lipinski definition) is 0. The molecular weight excluding hydrogens is 438 g/mol. The number of benzene rings is 3. The summed E-state index contributed by atoms with van der Waals surface area (Å²) in [5.74, 6) is 0. The maximum absolute atomic E-state index is 13.6. The van der Waals surface area contributed by atoms with Crippen molar-refractivity contribution in [1.29, 1.82) is 0 Å². The number of rotatable bonds is 5. The predicted octanol–water partition coefficient (Wildman–Crippen LogP) is 5.10. The monoisotopic (exact) mass is 455 g/mol. The third-order valence-electron chi connectivity index (χ3n) is 5.16. The Labute approximate surface area is 184 Å². The number of nitro groups is 1. The second kappa shape index (κ2) is 8.13. The highest BCUT2D eigenvalue weighted by molar-refractivity contribution is 7.89. The van der Waals surface area contributed by atoms with E-state index in [2.05, 4.69) is 5.10 Å². The summed E-state index contributed by atoms with van der Waals surface area (Å²) in [7, 11) is -4.06. The van der Waals surface area contributed by atoms with Crippen LogP contribution in [0.1, 0.15) is 29.2 Å². The molecule has 158 valence electrons. The maximum Gasteiger partial charge on any atom is 0.279 e. The van der Waals surface area contributed by atoms with Crippen LogP contribution in [0, 0.1) is 17.0 Å². The van der Waals surface area contributed by atoms with E-state index in [1.54, 1.807) is 67.6 Å². The molecule has 1 heterocycles. The summed E-state index contributed by atoms with van der Waals surface area (Å²) >= 11 is 5.98. The Morgan fingerprint density at radius 1 is 1.03 bits per heavy atom. The molecule has 0 N–H and O–H groups in total. The maximum atomic E-state index is 13.6. The lowest BCUT2D eigenvalue weighted by molar-refractivity contribution is -0.385. The summed E-state index contributed by atoms with van der Waals surface area (Å²) in [5.41, 5.74) is 1.92. The fourth-order valence-corrected chi connectivity index (χ4v) is 5.42. The lowest BCUT2D eigenvalue weighted by Crippen LogP contribution is -2.28. The molecule has 0 bridgehead atoms. The molecule has 31 heavy (non-hydrogen) atoms. The number of aryl methyl sites for hydroxylation is 1. The van der Waals surface area contributed by atoms with Crippen LogP contribution in [0.5, 0.6) is 0 Å². The van der Waals surface area contributed by atoms with Crippen molar-refractivity contribution in [2.75, 3.05) is 0 Å². The fourth-order valence-electron chi connectivity index (χ4n) is 3.64. The Bertz CT molecular complexity index is 1290. The van der Waals surface area contributed by atoms with Crippen molar-refractivity contribution < 1.29 is 13.3 Å². The average Bonchev–Trinajstić information content (AvgIpc) is 3.20. The number of nitrogens with zero attached hydrogens (tertiary/aromatic N) is 3. The van der Waals surface area contributed by atoms with Crippen molar-refractivity contribution in [1.82, 2.24) is 4.41 Å². The lowest BCUT2D eigenvalue weighted by atomic mass is 9.98. The second-order valence-electron chi connectivity index (χ2n) is 7.13. The normalized spacial score (nSPS) is 16.3. The summed E-state index contributed by atoms with van der Waals surface area (Å²) < 4.78 is 28.2. The van der Waals surface area contributed by atoms with Gasteiger partial charge in [-0.25, -0.2) is 0 Å². The standard InChI is InChI=1S/C22H18ClN3O4S/c1-15-6-2-5-9-22(15)31(29,30)25-21(18-7-3-4-8-20(18)26(27)28)14-19(24-25)16-10-12-17(23)13-11-16/h2-13,21H,14H2,1H3. The molecule has 0 amide bonds. The van der Waals surface area contributed by atoms with Crippen molar-refractivity contribution >= 4 is 33.0 Å². The molecule has 0 radical (unpaired) electrons. The molecule has 0 saturated carbocycles. The lowest BCUT2D eigenvalue weighted by Gasteiger charge is -2.24. The Morgan fingerprint density at radius 2 is 1.68 bits per heavy atom. The Morgan fingerprint density at radius 3 is 2.35 bits per heavy atom. The van der Waals surface area contributed by atoms with Crippen LogP contribution >= 0.6 is 11.6 Å². The van der Waals surface area contributed by atoms with Gasteiger partial charge in [0, 0.05) is 17.5 Å². The predicted molar refractivity (Wildman–Crippen MR) is 119 cm³/mol. The number of para-hydroxylation sites is 1. The summed E-state index contributed by atoms with van der Waals surface area (Å²) in [5, 5.41) is 16.6. The Balaban J connectivity index is 1.88. The first kappa shape index (κ1) is 21.0. The molecule has 0 fully saturated rings. The van der Waals surface area contributed by atoms with Gasteiger partial charge in [-0.15, -0.1) is 0 Å². The number of hydrazone groups is 1. The van der Waals surface area contributed by atoms with Gasteiger partial charge in [0.1, 0.15) is 6.04 Å². The molecule has 7 nitrogen and oxygen atoms in total. The van der Waals surface area contributed by atoms with Gasteiger partial charge in [-0.1, -0.05) is 54.1 Å². The summed E-state index contributed by atoms with van der Waals surface area (Å²) in [6.07, 6.45) is 0.192. The zero-order valence-corrected chi connectivity index (χ0v) is 18.0. The SMILES string of the molecule is Cc1ccccc1S(=O)(=O)N1N=C(c2ccc(Cl)cc2)CC1c1ccccc1[N+](=O)[O-]. The van der Waals surface area contributed by atoms with Crippen LogP contribution in [0.4, 0.5) is 5.69 Å². The van der Waals surface area contributed by atoms with Crippen molar-refractivity contribution in [3.63, 3.8) is 0 Å². The molecule has 4 rings (SSSR count). The van der Waals surface area contributed by atoms with E-state index in [9.17, 15) is 18.5 Å². The van der Waals surface area contributed by atoms with E-state index >= 15 is 0 Å².